The molecule has 2 heterocycles. The van der Waals surface area contributed by atoms with Gasteiger partial charge in [0.1, 0.15) is 0 Å². The molecule has 2 saturated heterocycles. The van der Waals surface area contributed by atoms with Gasteiger partial charge in [-0.15, -0.1) is 0 Å². The zero-order chi connectivity index (χ0) is 14.6. The monoisotopic (exact) mass is 299 g/mol. The molecule has 2 fully saturated rings. The van der Waals surface area contributed by atoms with Crippen molar-refractivity contribution in [1.29, 1.82) is 0 Å². The van der Waals surface area contributed by atoms with Crippen LogP contribution >= 0.6 is 11.8 Å². The number of guanidine groups is 1. The van der Waals surface area contributed by atoms with E-state index in [1.807, 2.05) is 11.8 Å². The molecule has 116 valence electrons. The SMILES string of the molecule is CCNC(=NCC(C)(C)SC)N1CCC2(CCOC2)C1. The third kappa shape index (κ3) is 3.82. The molecule has 2 rings (SSSR count). The molecule has 0 aromatic carbocycles. The quantitative estimate of drug-likeness (QED) is 0.638. The van der Waals surface area contributed by atoms with Gasteiger partial charge in [0.25, 0.3) is 0 Å². The standard InChI is InChI=1S/C15H29N3OS/c1-5-16-13(17-10-14(2,3)20-4)18-8-6-15(11-18)7-9-19-12-15/h5-12H2,1-4H3,(H,16,17). The van der Waals surface area contributed by atoms with E-state index in [0.29, 0.717) is 5.41 Å². The lowest BCUT2D eigenvalue weighted by Crippen LogP contribution is -2.42. The highest BCUT2D eigenvalue weighted by molar-refractivity contribution is 7.99. The second-order valence-electron chi connectivity index (χ2n) is 6.61. The molecule has 1 unspecified atom stereocenters. The minimum absolute atomic E-state index is 0.203. The maximum atomic E-state index is 5.61. The van der Waals surface area contributed by atoms with Crippen LogP contribution in [0.15, 0.2) is 4.99 Å². The lowest BCUT2D eigenvalue weighted by Gasteiger charge is -2.26. The van der Waals surface area contributed by atoms with Crippen LogP contribution in [0.4, 0.5) is 0 Å². The van der Waals surface area contributed by atoms with Gasteiger partial charge in [-0.25, -0.2) is 0 Å². The highest BCUT2D eigenvalue weighted by Gasteiger charge is 2.42. The van der Waals surface area contributed by atoms with Crippen LogP contribution in [-0.4, -0.2) is 61.3 Å². The molecule has 4 nitrogen and oxygen atoms in total. The molecule has 0 aromatic rings. The normalized spacial score (nSPS) is 27.6. The first-order chi connectivity index (χ1) is 9.50. The van der Waals surface area contributed by atoms with E-state index in [1.54, 1.807) is 0 Å². The summed E-state index contributed by atoms with van der Waals surface area (Å²) in [4.78, 5) is 7.29. The van der Waals surface area contributed by atoms with E-state index in [-0.39, 0.29) is 4.75 Å². The summed E-state index contributed by atoms with van der Waals surface area (Å²) < 4.78 is 5.81. The highest BCUT2D eigenvalue weighted by atomic mass is 32.2. The summed E-state index contributed by atoms with van der Waals surface area (Å²) >= 11 is 1.88. The number of rotatable bonds is 4. The molecule has 1 atom stereocenters. The van der Waals surface area contributed by atoms with Crippen molar-refractivity contribution >= 4 is 17.7 Å². The van der Waals surface area contributed by atoms with Gasteiger partial charge in [0.15, 0.2) is 5.96 Å². The van der Waals surface area contributed by atoms with Crippen molar-refractivity contribution in [2.75, 3.05) is 45.6 Å². The van der Waals surface area contributed by atoms with Crippen LogP contribution in [-0.2, 0) is 4.74 Å². The molecule has 0 aliphatic carbocycles. The fraction of sp³-hybridized carbons (Fsp3) is 0.933. The predicted molar refractivity (Wildman–Crippen MR) is 87.6 cm³/mol. The van der Waals surface area contributed by atoms with Crippen LogP contribution < -0.4 is 5.32 Å². The number of hydrogen-bond donors (Lipinski definition) is 1. The van der Waals surface area contributed by atoms with Gasteiger partial charge in [-0.1, -0.05) is 0 Å². The van der Waals surface area contributed by atoms with E-state index >= 15 is 0 Å². The Morgan fingerprint density at radius 1 is 1.45 bits per heavy atom. The smallest absolute Gasteiger partial charge is 0.193 e. The Morgan fingerprint density at radius 3 is 2.85 bits per heavy atom. The van der Waals surface area contributed by atoms with Crippen molar-refractivity contribution in [1.82, 2.24) is 10.2 Å². The summed E-state index contributed by atoms with van der Waals surface area (Å²) in [5.74, 6) is 1.08. The van der Waals surface area contributed by atoms with Gasteiger partial charge in [0, 0.05) is 36.4 Å². The minimum atomic E-state index is 0.203. The number of nitrogens with one attached hydrogen (secondary N) is 1. The topological polar surface area (TPSA) is 36.9 Å². The first-order valence-electron chi connectivity index (χ1n) is 7.66. The van der Waals surface area contributed by atoms with Crippen LogP contribution in [0.1, 0.15) is 33.6 Å². The lowest BCUT2D eigenvalue weighted by atomic mass is 9.87. The molecule has 0 saturated carbocycles. The first kappa shape index (κ1) is 16.0. The molecular formula is C15H29N3OS. The summed E-state index contributed by atoms with van der Waals surface area (Å²) in [7, 11) is 0. The number of hydrogen-bond acceptors (Lipinski definition) is 3. The van der Waals surface area contributed by atoms with Gasteiger partial charge in [0.2, 0.25) is 0 Å². The number of aliphatic imine (C=N–C) groups is 1. The van der Waals surface area contributed by atoms with Crippen LogP contribution in [0, 0.1) is 5.41 Å². The average molecular weight is 299 g/mol. The van der Waals surface area contributed by atoms with Gasteiger partial charge in [-0.3, -0.25) is 4.99 Å². The third-order valence-electron chi connectivity index (χ3n) is 4.42. The van der Waals surface area contributed by atoms with Gasteiger partial charge < -0.3 is 15.0 Å². The lowest BCUT2D eigenvalue weighted by molar-refractivity contribution is 0.156. The summed E-state index contributed by atoms with van der Waals surface area (Å²) in [6, 6.07) is 0. The van der Waals surface area contributed by atoms with E-state index in [2.05, 4.69) is 37.2 Å². The predicted octanol–water partition coefficient (Wildman–Crippen LogP) is 2.21. The number of thioether (sulfide) groups is 1. The molecule has 2 aliphatic rings. The number of ether oxygens (including phenoxy) is 1. The zero-order valence-electron chi connectivity index (χ0n) is 13.4. The Bertz CT molecular complexity index is 351. The third-order valence-corrected chi connectivity index (χ3v) is 5.65. The summed E-state index contributed by atoms with van der Waals surface area (Å²) in [6.45, 7) is 12.5. The fourth-order valence-electron chi connectivity index (χ4n) is 2.84. The zero-order valence-corrected chi connectivity index (χ0v) is 14.2. The highest BCUT2D eigenvalue weighted by Crippen LogP contribution is 2.38. The fourth-order valence-corrected chi connectivity index (χ4v) is 3.04. The molecule has 5 heteroatoms. The van der Waals surface area contributed by atoms with Crippen molar-refractivity contribution in [3.63, 3.8) is 0 Å². The Balaban J connectivity index is 2.00. The summed E-state index contributed by atoms with van der Waals surface area (Å²) in [6.07, 6.45) is 4.60. The molecule has 0 bridgehead atoms. The molecule has 20 heavy (non-hydrogen) atoms. The van der Waals surface area contributed by atoms with Crippen molar-refractivity contribution in [2.24, 2.45) is 10.4 Å². The van der Waals surface area contributed by atoms with Crippen molar-refractivity contribution in [3.05, 3.63) is 0 Å². The number of likely N-dealkylation sites (tertiary alicyclic amines) is 1. The molecule has 0 amide bonds. The molecule has 0 aromatic heterocycles. The van der Waals surface area contributed by atoms with Crippen molar-refractivity contribution < 1.29 is 4.74 Å². The van der Waals surface area contributed by atoms with Crippen LogP contribution in [0.2, 0.25) is 0 Å². The second kappa shape index (κ2) is 6.56. The van der Waals surface area contributed by atoms with Crippen molar-refractivity contribution in [2.45, 2.75) is 38.4 Å². The maximum Gasteiger partial charge on any atom is 0.193 e. The second-order valence-corrected chi connectivity index (χ2v) is 8.12. The Kier molecular flexibility index (Phi) is 5.24. The Morgan fingerprint density at radius 2 is 2.25 bits per heavy atom. The van der Waals surface area contributed by atoms with Crippen molar-refractivity contribution in [3.8, 4) is 0 Å². The summed E-state index contributed by atoms with van der Waals surface area (Å²) in [5, 5.41) is 3.45. The Hall–Kier alpha value is -0.420. The summed E-state index contributed by atoms with van der Waals surface area (Å²) in [5.41, 5.74) is 0.394. The molecule has 1 spiro atoms. The molecule has 2 aliphatic heterocycles. The van der Waals surface area contributed by atoms with Crippen LogP contribution in [0.5, 0.6) is 0 Å². The van der Waals surface area contributed by atoms with E-state index < -0.39 is 0 Å². The van der Waals surface area contributed by atoms with E-state index in [1.165, 1.54) is 12.8 Å². The largest absolute Gasteiger partial charge is 0.381 e. The van der Waals surface area contributed by atoms with Gasteiger partial charge in [-0.05, 0) is 39.9 Å². The number of nitrogens with zero attached hydrogens (tertiary/aromatic N) is 2. The van der Waals surface area contributed by atoms with Gasteiger partial charge in [-0.2, -0.15) is 11.8 Å². The van der Waals surface area contributed by atoms with E-state index in [0.717, 1.165) is 45.4 Å². The van der Waals surface area contributed by atoms with Crippen LogP contribution in [0.3, 0.4) is 0 Å². The maximum absolute atomic E-state index is 5.61. The van der Waals surface area contributed by atoms with E-state index in [9.17, 15) is 0 Å². The van der Waals surface area contributed by atoms with Crippen LogP contribution in [0.25, 0.3) is 0 Å². The van der Waals surface area contributed by atoms with Gasteiger partial charge in [0.05, 0.1) is 13.2 Å². The molecule has 1 N–H and O–H groups in total. The average Bonchev–Trinajstić information content (AvgIpc) is 3.06. The minimum Gasteiger partial charge on any atom is -0.381 e. The van der Waals surface area contributed by atoms with E-state index in [4.69, 9.17) is 9.73 Å². The van der Waals surface area contributed by atoms with Gasteiger partial charge >= 0.3 is 0 Å². The molecule has 0 radical (unpaired) electrons. The molecular weight excluding hydrogens is 270 g/mol. The Labute approximate surface area is 127 Å². The first-order valence-corrected chi connectivity index (χ1v) is 8.89.